The summed E-state index contributed by atoms with van der Waals surface area (Å²) >= 11 is 0. The molecular formula is C16H22O5S. The van der Waals surface area contributed by atoms with Gasteiger partial charge in [-0.05, 0) is 31.9 Å². The van der Waals surface area contributed by atoms with E-state index in [1.807, 2.05) is 6.92 Å². The predicted octanol–water partition coefficient (Wildman–Crippen LogP) is 2.85. The molecule has 0 aromatic heterocycles. The Kier molecular flexibility index (Phi) is 7.27. The summed E-state index contributed by atoms with van der Waals surface area (Å²) in [4.78, 5) is 11.0. The van der Waals surface area contributed by atoms with Crippen LogP contribution in [0.2, 0.25) is 0 Å². The molecule has 6 heteroatoms. The van der Waals surface area contributed by atoms with Gasteiger partial charge in [-0.15, -0.1) is 6.58 Å². The minimum Gasteiger partial charge on any atom is -0.465 e. The first-order chi connectivity index (χ1) is 10.3. The quantitative estimate of drug-likeness (QED) is 0.396. The topological polar surface area (TPSA) is 69.7 Å². The van der Waals surface area contributed by atoms with E-state index in [0.29, 0.717) is 12.8 Å². The molecular weight excluding hydrogens is 304 g/mol. The van der Waals surface area contributed by atoms with Crippen LogP contribution in [0, 0.1) is 12.8 Å². The van der Waals surface area contributed by atoms with E-state index in [4.69, 9.17) is 8.92 Å². The highest BCUT2D eigenvalue weighted by Crippen LogP contribution is 2.16. The number of hydrogen-bond donors (Lipinski definition) is 0. The lowest BCUT2D eigenvalue weighted by molar-refractivity contribution is -0.142. The molecule has 5 nitrogen and oxygen atoms in total. The van der Waals surface area contributed by atoms with Crippen LogP contribution in [0.25, 0.3) is 0 Å². The first-order valence-electron chi connectivity index (χ1n) is 7.05. The molecule has 1 aromatic carbocycles. The Bertz CT molecular complexity index is 589. The standard InChI is InChI=1S/C16H22O5S/c1-4-5-6-15(11-20-14(3)17)12-21-22(18,19)16-9-7-13(2)8-10-16/h4,7-10,15H,1,5-6,11-12H2,2-3H3/t15-/m0/s1. The summed E-state index contributed by atoms with van der Waals surface area (Å²) in [6.45, 7) is 6.92. The molecule has 0 N–H and O–H groups in total. The summed E-state index contributed by atoms with van der Waals surface area (Å²) in [5.74, 6) is -0.591. The summed E-state index contributed by atoms with van der Waals surface area (Å²) in [5, 5.41) is 0. The van der Waals surface area contributed by atoms with Gasteiger partial charge in [0, 0.05) is 12.8 Å². The van der Waals surface area contributed by atoms with Crippen LogP contribution in [-0.4, -0.2) is 27.6 Å². The molecule has 1 aromatic rings. The number of aryl methyl sites for hydroxylation is 1. The van der Waals surface area contributed by atoms with Crippen LogP contribution < -0.4 is 0 Å². The first kappa shape index (κ1) is 18.4. The van der Waals surface area contributed by atoms with E-state index in [2.05, 4.69) is 6.58 Å². The van der Waals surface area contributed by atoms with Crippen molar-refractivity contribution in [2.45, 2.75) is 31.6 Å². The Labute approximate surface area is 132 Å². The van der Waals surface area contributed by atoms with Crippen LogP contribution in [0.15, 0.2) is 41.8 Å². The highest BCUT2D eigenvalue weighted by molar-refractivity contribution is 7.86. The second kappa shape index (κ2) is 8.70. The van der Waals surface area contributed by atoms with Gasteiger partial charge in [-0.2, -0.15) is 8.42 Å². The molecule has 0 bridgehead atoms. The van der Waals surface area contributed by atoms with Gasteiger partial charge in [0.1, 0.15) is 0 Å². The molecule has 0 saturated carbocycles. The largest absolute Gasteiger partial charge is 0.465 e. The van der Waals surface area contributed by atoms with E-state index < -0.39 is 16.1 Å². The summed E-state index contributed by atoms with van der Waals surface area (Å²) in [7, 11) is -3.80. The van der Waals surface area contributed by atoms with Gasteiger partial charge in [-0.25, -0.2) is 0 Å². The lowest BCUT2D eigenvalue weighted by Crippen LogP contribution is -2.20. The van der Waals surface area contributed by atoms with Crippen molar-refractivity contribution in [1.29, 1.82) is 0 Å². The van der Waals surface area contributed by atoms with Gasteiger partial charge < -0.3 is 4.74 Å². The first-order valence-corrected chi connectivity index (χ1v) is 8.46. The Morgan fingerprint density at radius 2 is 1.91 bits per heavy atom. The maximum atomic E-state index is 12.1. The van der Waals surface area contributed by atoms with Crippen LogP contribution in [0.3, 0.4) is 0 Å². The summed E-state index contributed by atoms with van der Waals surface area (Å²) < 4.78 is 34.3. The second-order valence-corrected chi connectivity index (χ2v) is 6.70. The highest BCUT2D eigenvalue weighted by Gasteiger charge is 2.19. The zero-order chi connectivity index (χ0) is 16.6. The number of hydrogen-bond acceptors (Lipinski definition) is 5. The van der Waals surface area contributed by atoms with Gasteiger partial charge >= 0.3 is 5.97 Å². The maximum Gasteiger partial charge on any atom is 0.302 e. The second-order valence-electron chi connectivity index (χ2n) is 5.09. The number of allylic oxidation sites excluding steroid dienone is 1. The molecule has 1 rings (SSSR count). The van der Waals surface area contributed by atoms with E-state index in [1.54, 1.807) is 18.2 Å². The third kappa shape index (κ3) is 6.41. The van der Waals surface area contributed by atoms with Crippen LogP contribution in [0.5, 0.6) is 0 Å². The Balaban J connectivity index is 2.66. The van der Waals surface area contributed by atoms with E-state index >= 15 is 0 Å². The molecule has 22 heavy (non-hydrogen) atoms. The van der Waals surface area contributed by atoms with Crippen molar-refractivity contribution in [2.75, 3.05) is 13.2 Å². The molecule has 0 unspecified atom stereocenters. The van der Waals surface area contributed by atoms with Gasteiger partial charge in [0.05, 0.1) is 18.1 Å². The van der Waals surface area contributed by atoms with Crippen molar-refractivity contribution in [3.05, 3.63) is 42.5 Å². The highest BCUT2D eigenvalue weighted by atomic mass is 32.2. The third-order valence-corrected chi connectivity index (χ3v) is 4.37. The molecule has 0 aliphatic heterocycles. The minimum absolute atomic E-state index is 0.0304. The number of esters is 1. The monoisotopic (exact) mass is 326 g/mol. The molecule has 0 heterocycles. The molecule has 0 amide bonds. The Morgan fingerprint density at radius 1 is 1.27 bits per heavy atom. The van der Waals surface area contributed by atoms with Crippen LogP contribution in [-0.2, 0) is 23.8 Å². The Morgan fingerprint density at radius 3 is 2.45 bits per heavy atom. The van der Waals surface area contributed by atoms with E-state index in [0.717, 1.165) is 5.56 Å². The SMILES string of the molecule is C=CCC[C@@H](COC(C)=O)COS(=O)(=O)c1ccc(C)cc1. The molecule has 0 aliphatic rings. The van der Waals surface area contributed by atoms with Crippen molar-refractivity contribution in [1.82, 2.24) is 0 Å². The van der Waals surface area contributed by atoms with Crippen LogP contribution in [0.1, 0.15) is 25.3 Å². The molecule has 122 valence electrons. The number of carbonyl (C=O) groups is 1. The van der Waals surface area contributed by atoms with Crippen molar-refractivity contribution < 1.29 is 22.1 Å². The normalized spacial score (nSPS) is 12.6. The van der Waals surface area contributed by atoms with Gasteiger partial charge in [0.25, 0.3) is 10.1 Å². The molecule has 0 radical (unpaired) electrons. The number of carbonyl (C=O) groups excluding carboxylic acids is 1. The van der Waals surface area contributed by atoms with Crippen LogP contribution >= 0.6 is 0 Å². The van der Waals surface area contributed by atoms with Gasteiger partial charge in [-0.3, -0.25) is 8.98 Å². The number of ether oxygens (including phenoxy) is 1. The average molecular weight is 326 g/mol. The van der Waals surface area contributed by atoms with Crippen molar-refractivity contribution in [2.24, 2.45) is 5.92 Å². The molecule has 1 atom stereocenters. The molecule has 0 fully saturated rings. The smallest absolute Gasteiger partial charge is 0.302 e. The van der Waals surface area contributed by atoms with Crippen molar-refractivity contribution in [3.63, 3.8) is 0 Å². The van der Waals surface area contributed by atoms with E-state index in [-0.39, 0.29) is 24.0 Å². The van der Waals surface area contributed by atoms with Gasteiger partial charge in [0.2, 0.25) is 0 Å². The van der Waals surface area contributed by atoms with Crippen molar-refractivity contribution >= 4 is 16.1 Å². The molecule has 0 saturated heterocycles. The average Bonchev–Trinajstić information content (AvgIpc) is 2.46. The number of benzene rings is 1. The Hall–Kier alpha value is -1.66. The third-order valence-electron chi connectivity index (χ3n) is 3.07. The van der Waals surface area contributed by atoms with E-state index in [9.17, 15) is 13.2 Å². The van der Waals surface area contributed by atoms with E-state index in [1.165, 1.54) is 19.1 Å². The van der Waals surface area contributed by atoms with Gasteiger partial charge in [-0.1, -0.05) is 23.8 Å². The number of rotatable bonds is 9. The zero-order valence-corrected chi connectivity index (χ0v) is 13.8. The summed E-state index contributed by atoms with van der Waals surface area (Å²) in [6.07, 6.45) is 3.06. The summed E-state index contributed by atoms with van der Waals surface area (Å²) in [5.41, 5.74) is 0.970. The fraction of sp³-hybridized carbons (Fsp3) is 0.438. The molecule has 0 spiro atoms. The minimum atomic E-state index is -3.80. The fourth-order valence-corrected chi connectivity index (χ4v) is 2.74. The van der Waals surface area contributed by atoms with Gasteiger partial charge in [0.15, 0.2) is 0 Å². The maximum absolute atomic E-state index is 12.1. The molecule has 0 aliphatic carbocycles. The lowest BCUT2D eigenvalue weighted by atomic mass is 10.1. The lowest BCUT2D eigenvalue weighted by Gasteiger charge is -2.16. The zero-order valence-electron chi connectivity index (χ0n) is 12.9. The summed E-state index contributed by atoms with van der Waals surface area (Å²) in [6, 6.07) is 6.44. The van der Waals surface area contributed by atoms with Crippen molar-refractivity contribution in [3.8, 4) is 0 Å². The predicted molar refractivity (Wildman–Crippen MR) is 83.9 cm³/mol. The fourth-order valence-electron chi connectivity index (χ4n) is 1.76. The van der Waals surface area contributed by atoms with Crippen LogP contribution in [0.4, 0.5) is 0 Å².